The Balaban J connectivity index is 1.72. The average molecular weight is 359 g/mol. The van der Waals surface area contributed by atoms with Gasteiger partial charge in [0.1, 0.15) is 0 Å². The Hall–Kier alpha value is -3.53. The van der Waals surface area contributed by atoms with E-state index in [1.54, 1.807) is 12.1 Å². The molecule has 0 spiro atoms. The van der Waals surface area contributed by atoms with Gasteiger partial charge in [-0.25, -0.2) is 0 Å². The number of phenols is 1. The summed E-state index contributed by atoms with van der Waals surface area (Å²) in [5.74, 6) is 0.271. The summed E-state index contributed by atoms with van der Waals surface area (Å²) >= 11 is 0. The number of para-hydroxylation sites is 1. The number of aromatic hydroxyl groups is 1. The van der Waals surface area contributed by atoms with E-state index < -0.39 is 0 Å². The number of benzene rings is 3. The Kier molecular flexibility index (Phi) is 5.90. The molecule has 0 saturated carbocycles. The molecule has 0 aliphatic heterocycles. The van der Waals surface area contributed by atoms with Gasteiger partial charge in [0.05, 0.1) is 13.5 Å². The molecule has 0 saturated heterocycles. The maximum absolute atomic E-state index is 12.5. The van der Waals surface area contributed by atoms with Crippen LogP contribution in [0, 0.1) is 0 Å². The van der Waals surface area contributed by atoms with Crippen LogP contribution in [0.5, 0.6) is 11.5 Å². The monoisotopic (exact) mass is 359 g/mol. The Morgan fingerprint density at radius 1 is 1.00 bits per heavy atom. The van der Waals surface area contributed by atoms with Crippen molar-refractivity contribution in [2.75, 3.05) is 12.4 Å². The molecule has 0 atom stereocenters. The highest BCUT2D eigenvalue weighted by atomic mass is 16.5. The first-order chi connectivity index (χ1) is 13.2. The summed E-state index contributed by atoms with van der Waals surface area (Å²) in [5, 5.41) is 12.6. The lowest BCUT2D eigenvalue weighted by molar-refractivity contribution is -0.115. The molecule has 0 aliphatic carbocycles. The number of nitrogens with one attached hydrogen (secondary N) is 1. The minimum atomic E-state index is -0.136. The van der Waals surface area contributed by atoms with Crippen LogP contribution in [-0.4, -0.2) is 18.1 Å². The van der Waals surface area contributed by atoms with Crippen LogP contribution in [0.15, 0.2) is 72.8 Å². The topological polar surface area (TPSA) is 58.6 Å². The molecule has 1 amide bonds. The van der Waals surface area contributed by atoms with Gasteiger partial charge in [0.2, 0.25) is 5.91 Å². The molecule has 3 rings (SSSR count). The highest BCUT2D eigenvalue weighted by molar-refractivity contribution is 5.95. The number of rotatable bonds is 6. The number of phenolic OH excluding ortho intramolecular Hbond substituents is 1. The highest BCUT2D eigenvalue weighted by Crippen LogP contribution is 2.26. The molecule has 27 heavy (non-hydrogen) atoms. The summed E-state index contributed by atoms with van der Waals surface area (Å²) in [4.78, 5) is 12.5. The van der Waals surface area contributed by atoms with Crippen molar-refractivity contribution in [3.05, 3.63) is 89.5 Å². The van der Waals surface area contributed by atoms with Crippen LogP contribution < -0.4 is 10.1 Å². The zero-order chi connectivity index (χ0) is 19.1. The minimum Gasteiger partial charge on any atom is -0.504 e. The van der Waals surface area contributed by atoms with Crippen molar-refractivity contribution >= 4 is 23.7 Å². The fourth-order valence-electron chi connectivity index (χ4n) is 2.72. The van der Waals surface area contributed by atoms with E-state index >= 15 is 0 Å². The summed E-state index contributed by atoms with van der Waals surface area (Å²) in [6.07, 6.45) is 4.18. The Morgan fingerprint density at radius 2 is 1.74 bits per heavy atom. The fraction of sp³-hybridized carbons (Fsp3) is 0.0870. The van der Waals surface area contributed by atoms with Crippen LogP contribution in [0.4, 0.5) is 5.69 Å². The predicted molar refractivity (Wildman–Crippen MR) is 109 cm³/mol. The second kappa shape index (κ2) is 8.72. The van der Waals surface area contributed by atoms with Gasteiger partial charge in [-0.2, -0.15) is 0 Å². The van der Waals surface area contributed by atoms with E-state index in [0.717, 1.165) is 22.4 Å². The molecule has 3 aromatic rings. The lowest BCUT2D eigenvalue weighted by Crippen LogP contribution is -2.15. The van der Waals surface area contributed by atoms with Gasteiger partial charge >= 0.3 is 0 Å². The zero-order valence-electron chi connectivity index (χ0n) is 15.1. The summed E-state index contributed by atoms with van der Waals surface area (Å²) < 4.78 is 5.09. The molecule has 4 heteroatoms. The standard InChI is InChI=1S/C23H21NO3/c1-27-22-15-18(12-14-21(22)25)16-23(26)24-20-10-6-5-9-19(20)13-11-17-7-3-2-4-8-17/h2-15,25H,16H2,1H3,(H,24,26). The van der Waals surface area contributed by atoms with Crippen LogP contribution in [0.2, 0.25) is 0 Å². The average Bonchev–Trinajstić information content (AvgIpc) is 2.69. The van der Waals surface area contributed by atoms with Crippen LogP contribution in [0.25, 0.3) is 12.2 Å². The molecule has 2 N–H and O–H groups in total. The fourth-order valence-corrected chi connectivity index (χ4v) is 2.72. The van der Waals surface area contributed by atoms with Crippen LogP contribution in [0.1, 0.15) is 16.7 Å². The predicted octanol–water partition coefficient (Wildman–Crippen LogP) is 4.75. The van der Waals surface area contributed by atoms with Gasteiger partial charge in [0, 0.05) is 5.69 Å². The summed E-state index contributed by atoms with van der Waals surface area (Å²) in [7, 11) is 1.48. The number of hydrogen-bond acceptors (Lipinski definition) is 3. The normalized spacial score (nSPS) is 10.7. The molecule has 0 unspecified atom stereocenters. The smallest absolute Gasteiger partial charge is 0.228 e. The minimum absolute atomic E-state index is 0.0538. The van der Waals surface area contributed by atoms with Gasteiger partial charge in [0.15, 0.2) is 11.5 Å². The number of anilines is 1. The van der Waals surface area contributed by atoms with Crippen molar-refractivity contribution in [1.82, 2.24) is 0 Å². The van der Waals surface area contributed by atoms with Crippen LogP contribution in [-0.2, 0) is 11.2 Å². The largest absolute Gasteiger partial charge is 0.504 e. The van der Waals surface area contributed by atoms with E-state index in [4.69, 9.17) is 4.74 Å². The van der Waals surface area contributed by atoms with E-state index in [1.165, 1.54) is 13.2 Å². The Morgan fingerprint density at radius 3 is 2.52 bits per heavy atom. The van der Waals surface area contributed by atoms with Gasteiger partial charge in [-0.3, -0.25) is 4.79 Å². The van der Waals surface area contributed by atoms with Crippen molar-refractivity contribution in [2.45, 2.75) is 6.42 Å². The van der Waals surface area contributed by atoms with Gasteiger partial charge < -0.3 is 15.2 Å². The van der Waals surface area contributed by atoms with Gasteiger partial charge in [-0.1, -0.05) is 66.7 Å². The summed E-state index contributed by atoms with van der Waals surface area (Å²) in [5.41, 5.74) is 3.53. The number of amides is 1. The van der Waals surface area contributed by atoms with Gasteiger partial charge in [0.25, 0.3) is 0 Å². The van der Waals surface area contributed by atoms with E-state index in [9.17, 15) is 9.90 Å². The molecule has 0 aromatic heterocycles. The van der Waals surface area contributed by atoms with E-state index in [2.05, 4.69) is 5.32 Å². The second-order valence-electron chi connectivity index (χ2n) is 6.06. The third kappa shape index (κ3) is 4.98. The van der Waals surface area contributed by atoms with Crippen molar-refractivity contribution in [3.63, 3.8) is 0 Å². The first-order valence-corrected chi connectivity index (χ1v) is 8.63. The summed E-state index contributed by atoms with van der Waals surface area (Å²) in [6.45, 7) is 0. The first-order valence-electron chi connectivity index (χ1n) is 8.63. The lowest BCUT2D eigenvalue weighted by atomic mass is 10.1. The van der Waals surface area contributed by atoms with Crippen molar-refractivity contribution < 1.29 is 14.6 Å². The lowest BCUT2D eigenvalue weighted by Gasteiger charge is -2.10. The first kappa shape index (κ1) is 18.3. The van der Waals surface area contributed by atoms with Crippen molar-refractivity contribution in [2.24, 2.45) is 0 Å². The van der Waals surface area contributed by atoms with Gasteiger partial charge in [-0.15, -0.1) is 0 Å². The molecule has 4 nitrogen and oxygen atoms in total. The SMILES string of the molecule is COc1cc(CC(=O)Nc2ccccc2C=Cc2ccccc2)ccc1O. The second-order valence-corrected chi connectivity index (χ2v) is 6.06. The van der Waals surface area contributed by atoms with E-state index in [0.29, 0.717) is 5.75 Å². The highest BCUT2D eigenvalue weighted by Gasteiger charge is 2.09. The number of hydrogen-bond donors (Lipinski definition) is 2. The van der Waals surface area contributed by atoms with Crippen molar-refractivity contribution in [3.8, 4) is 11.5 Å². The maximum atomic E-state index is 12.5. The van der Waals surface area contributed by atoms with E-state index in [-0.39, 0.29) is 18.1 Å². The quantitative estimate of drug-likeness (QED) is 0.624. The maximum Gasteiger partial charge on any atom is 0.228 e. The zero-order valence-corrected chi connectivity index (χ0v) is 15.1. The molecule has 0 bridgehead atoms. The molecular weight excluding hydrogens is 338 g/mol. The molecule has 3 aromatic carbocycles. The molecule has 0 heterocycles. The van der Waals surface area contributed by atoms with Crippen molar-refractivity contribution in [1.29, 1.82) is 0 Å². The third-order valence-corrected chi connectivity index (χ3v) is 4.10. The Bertz CT molecular complexity index is 949. The number of ether oxygens (including phenoxy) is 1. The molecular formula is C23H21NO3. The van der Waals surface area contributed by atoms with Crippen LogP contribution >= 0.6 is 0 Å². The molecule has 136 valence electrons. The Labute approximate surface area is 158 Å². The molecule has 0 aliphatic rings. The molecule has 0 fully saturated rings. The third-order valence-electron chi connectivity index (χ3n) is 4.10. The van der Waals surface area contributed by atoms with Gasteiger partial charge in [-0.05, 0) is 34.9 Å². The van der Waals surface area contributed by atoms with Crippen LogP contribution in [0.3, 0.4) is 0 Å². The van der Waals surface area contributed by atoms with E-state index in [1.807, 2.05) is 66.7 Å². The number of carbonyl (C=O) groups excluding carboxylic acids is 1. The number of carbonyl (C=O) groups is 1. The molecule has 0 radical (unpaired) electrons. The number of methoxy groups -OCH3 is 1. The summed E-state index contributed by atoms with van der Waals surface area (Å²) in [6, 6.07) is 22.5.